The second kappa shape index (κ2) is 6.38. The highest BCUT2D eigenvalue weighted by Crippen LogP contribution is 2.39. The van der Waals surface area contributed by atoms with Crippen LogP contribution in [0.2, 0.25) is 0 Å². The van der Waals surface area contributed by atoms with Crippen molar-refractivity contribution in [3.8, 4) is 17.3 Å². The van der Waals surface area contributed by atoms with Crippen LogP contribution in [0.15, 0.2) is 18.2 Å². The SMILES string of the molecule is Cc1nc(-c2n[nH]c3ccc(OC4(C)CC4)nc23)cc(N2CCNCC2(C)C)n1. The summed E-state index contributed by atoms with van der Waals surface area (Å²) in [6, 6.07) is 5.88. The maximum Gasteiger partial charge on any atom is 0.214 e. The molecule has 2 aliphatic rings. The van der Waals surface area contributed by atoms with E-state index < -0.39 is 0 Å². The quantitative estimate of drug-likeness (QED) is 0.704. The van der Waals surface area contributed by atoms with E-state index in [0.717, 1.165) is 66.5 Å². The number of fused-ring (bicyclic) bond motifs is 1. The molecule has 3 aromatic rings. The van der Waals surface area contributed by atoms with Crippen LogP contribution in [0.4, 0.5) is 5.82 Å². The molecule has 8 heteroatoms. The summed E-state index contributed by atoms with van der Waals surface area (Å²) >= 11 is 0. The molecule has 29 heavy (non-hydrogen) atoms. The zero-order chi connectivity index (χ0) is 20.2. The topological polar surface area (TPSA) is 91.8 Å². The molecule has 8 nitrogen and oxygen atoms in total. The summed E-state index contributed by atoms with van der Waals surface area (Å²) in [7, 11) is 0. The zero-order valence-electron chi connectivity index (χ0n) is 17.4. The number of nitrogens with zero attached hydrogens (tertiary/aromatic N) is 5. The first kappa shape index (κ1) is 18.3. The number of hydrogen-bond acceptors (Lipinski definition) is 7. The lowest BCUT2D eigenvalue weighted by Crippen LogP contribution is -2.58. The first-order valence-electron chi connectivity index (χ1n) is 10.2. The van der Waals surface area contributed by atoms with Crippen LogP contribution in [0.1, 0.15) is 39.4 Å². The number of H-pyrrole nitrogens is 1. The van der Waals surface area contributed by atoms with Gasteiger partial charge in [0.2, 0.25) is 5.88 Å². The Morgan fingerprint density at radius 2 is 1.93 bits per heavy atom. The molecule has 4 heterocycles. The third-order valence-corrected chi connectivity index (χ3v) is 5.83. The maximum absolute atomic E-state index is 6.05. The van der Waals surface area contributed by atoms with E-state index in [4.69, 9.17) is 14.7 Å². The number of aromatic nitrogens is 5. The summed E-state index contributed by atoms with van der Waals surface area (Å²) in [6.45, 7) is 11.2. The number of ether oxygens (including phenoxy) is 1. The predicted octanol–water partition coefficient (Wildman–Crippen LogP) is 2.84. The molecule has 1 aliphatic carbocycles. The van der Waals surface area contributed by atoms with Crippen molar-refractivity contribution in [1.29, 1.82) is 0 Å². The summed E-state index contributed by atoms with van der Waals surface area (Å²) < 4.78 is 6.05. The smallest absolute Gasteiger partial charge is 0.214 e. The van der Waals surface area contributed by atoms with E-state index in [9.17, 15) is 0 Å². The van der Waals surface area contributed by atoms with Gasteiger partial charge in [0.25, 0.3) is 0 Å². The van der Waals surface area contributed by atoms with Gasteiger partial charge in [-0.1, -0.05) is 0 Å². The average Bonchev–Trinajstić information content (AvgIpc) is 3.23. The Kier molecular flexibility index (Phi) is 4.03. The lowest BCUT2D eigenvalue weighted by atomic mass is 10.00. The third-order valence-electron chi connectivity index (χ3n) is 5.83. The van der Waals surface area contributed by atoms with E-state index in [1.165, 1.54) is 0 Å². The fourth-order valence-corrected chi connectivity index (χ4v) is 3.87. The first-order valence-corrected chi connectivity index (χ1v) is 10.2. The van der Waals surface area contributed by atoms with Crippen molar-refractivity contribution < 1.29 is 4.74 Å². The average molecular weight is 393 g/mol. The predicted molar refractivity (Wildman–Crippen MR) is 112 cm³/mol. The monoisotopic (exact) mass is 393 g/mol. The van der Waals surface area contributed by atoms with Crippen molar-refractivity contribution in [3.05, 3.63) is 24.0 Å². The normalized spacial score (nSPS) is 20.1. The van der Waals surface area contributed by atoms with Gasteiger partial charge >= 0.3 is 0 Å². The van der Waals surface area contributed by atoms with E-state index in [2.05, 4.69) is 46.2 Å². The number of aromatic amines is 1. The molecule has 0 unspecified atom stereocenters. The highest BCUT2D eigenvalue weighted by atomic mass is 16.5. The molecule has 1 saturated carbocycles. The van der Waals surface area contributed by atoms with Crippen LogP contribution in [0.25, 0.3) is 22.4 Å². The molecule has 5 rings (SSSR count). The van der Waals surface area contributed by atoms with E-state index in [-0.39, 0.29) is 11.1 Å². The molecule has 1 saturated heterocycles. The molecule has 0 radical (unpaired) electrons. The number of anilines is 1. The van der Waals surface area contributed by atoms with Crippen LogP contribution < -0.4 is 15.0 Å². The number of hydrogen-bond donors (Lipinski definition) is 2. The van der Waals surface area contributed by atoms with Gasteiger partial charge in [0, 0.05) is 37.3 Å². The molecule has 0 bridgehead atoms. The molecule has 152 valence electrons. The summed E-state index contributed by atoms with van der Waals surface area (Å²) in [6.07, 6.45) is 2.14. The highest BCUT2D eigenvalue weighted by molar-refractivity contribution is 5.89. The molecule has 1 aliphatic heterocycles. The van der Waals surface area contributed by atoms with Crippen LogP contribution in [0.5, 0.6) is 5.88 Å². The molecular weight excluding hydrogens is 366 g/mol. The van der Waals surface area contributed by atoms with Gasteiger partial charge in [0.1, 0.15) is 28.5 Å². The van der Waals surface area contributed by atoms with Crippen LogP contribution in [0.3, 0.4) is 0 Å². The Labute approximate surface area is 170 Å². The van der Waals surface area contributed by atoms with Crippen molar-refractivity contribution in [1.82, 2.24) is 30.5 Å². The minimum absolute atomic E-state index is 0.0249. The molecule has 0 atom stereocenters. The second-order valence-corrected chi connectivity index (χ2v) is 8.97. The van der Waals surface area contributed by atoms with Gasteiger partial charge in [0.15, 0.2) is 0 Å². The number of rotatable bonds is 4. The lowest BCUT2D eigenvalue weighted by molar-refractivity contribution is 0.192. The molecule has 2 fully saturated rings. The molecule has 0 amide bonds. The van der Waals surface area contributed by atoms with Gasteiger partial charge in [-0.15, -0.1) is 0 Å². The van der Waals surface area contributed by atoms with E-state index in [1.807, 2.05) is 25.1 Å². The number of pyridine rings is 1. The molecule has 0 spiro atoms. The third kappa shape index (κ3) is 3.42. The minimum atomic E-state index is -0.0723. The van der Waals surface area contributed by atoms with Crippen molar-refractivity contribution in [2.75, 3.05) is 24.5 Å². The van der Waals surface area contributed by atoms with Crippen molar-refractivity contribution in [3.63, 3.8) is 0 Å². The number of piperazine rings is 1. The molecular formula is C21H27N7O. The van der Waals surface area contributed by atoms with Gasteiger partial charge in [-0.2, -0.15) is 5.10 Å². The molecule has 0 aromatic carbocycles. The van der Waals surface area contributed by atoms with Crippen molar-refractivity contribution in [2.24, 2.45) is 0 Å². The number of nitrogens with one attached hydrogen (secondary N) is 2. The van der Waals surface area contributed by atoms with Crippen LogP contribution in [-0.4, -0.2) is 55.9 Å². The molecule has 2 N–H and O–H groups in total. The Hall–Kier alpha value is -2.74. The van der Waals surface area contributed by atoms with Gasteiger partial charge in [-0.25, -0.2) is 15.0 Å². The maximum atomic E-state index is 6.05. The molecule has 3 aromatic heterocycles. The zero-order valence-corrected chi connectivity index (χ0v) is 17.4. The minimum Gasteiger partial charge on any atom is -0.471 e. The fourth-order valence-electron chi connectivity index (χ4n) is 3.87. The number of aryl methyl sites for hydroxylation is 1. The van der Waals surface area contributed by atoms with E-state index in [1.54, 1.807) is 0 Å². The first-order chi connectivity index (χ1) is 13.8. The Morgan fingerprint density at radius 3 is 2.69 bits per heavy atom. The van der Waals surface area contributed by atoms with Gasteiger partial charge < -0.3 is 15.0 Å². The fraction of sp³-hybridized carbons (Fsp3) is 0.524. The largest absolute Gasteiger partial charge is 0.471 e. The Bertz CT molecular complexity index is 1070. The van der Waals surface area contributed by atoms with Crippen molar-refractivity contribution in [2.45, 2.75) is 51.7 Å². The van der Waals surface area contributed by atoms with Gasteiger partial charge in [-0.3, -0.25) is 5.10 Å². The highest BCUT2D eigenvalue weighted by Gasteiger charge is 2.40. The van der Waals surface area contributed by atoms with Crippen LogP contribution in [0, 0.1) is 6.92 Å². The van der Waals surface area contributed by atoms with E-state index >= 15 is 0 Å². The van der Waals surface area contributed by atoms with Crippen LogP contribution >= 0.6 is 0 Å². The van der Waals surface area contributed by atoms with Gasteiger partial charge in [0.05, 0.1) is 11.2 Å². The summed E-state index contributed by atoms with van der Waals surface area (Å²) in [5.74, 6) is 2.28. The lowest BCUT2D eigenvalue weighted by Gasteiger charge is -2.43. The Morgan fingerprint density at radius 1 is 1.10 bits per heavy atom. The van der Waals surface area contributed by atoms with Crippen LogP contribution in [-0.2, 0) is 0 Å². The summed E-state index contributed by atoms with van der Waals surface area (Å²) in [5, 5.41) is 11.1. The van der Waals surface area contributed by atoms with E-state index in [0.29, 0.717) is 5.88 Å². The van der Waals surface area contributed by atoms with Crippen molar-refractivity contribution >= 4 is 16.9 Å². The summed E-state index contributed by atoms with van der Waals surface area (Å²) in [4.78, 5) is 16.5. The second-order valence-electron chi connectivity index (χ2n) is 8.97. The standard InChI is InChI=1S/C21H27N7O/c1-13-23-15(11-16(24-13)28-10-9-22-12-20(28,2)3)19-18-14(26-27-19)5-6-17(25-18)29-21(4)7-8-21/h5-6,11,22H,7-10,12H2,1-4H3,(H,26,27). The Balaban J connectivity index is 1.56. The van der Waals surface area contributed by atoms with Gasteiger partial charge in [-0.05, 0) is 46.6 Å². The summed E-state index contributed by atoms with van der Waals surface area (Å²) in [5.41, 5.74) is 3.05.